The molecule has 3 N–H and O–H groups in total. The smallest absolute Gasteiger partial charge is 0.234 e. The van der Waals surface area contributed by atoms with Crippen molar-refractivity contribution in [2.24, 2.45) is 11.8 Å². The van der Waals surface area contributed by atoms with Gasteiger partial charge in [-0.15, -0.1) is 0 Å². The van der Waals surface area contributed by atoms with Gasteiger partial charge in [-0.1, -0.05) is 6.92 Å². The molecule has 2 atom stereocenters. The van der Waals surface area contributed by atoms with Crippen LogP contribution in [0.5, 0.6) is 0 Å². The molecule has 0 aromatic carbocycles. The second-order valence-electron chi connectivity index (χ2n) is 3.68. The molecule has 0 bridgehead atoms. The fraction of sp³-hybridized carbons (Fsp3) is 0.889. The molecule has 13 heavy (non-hydrogen) atoms. The van der Waals surface area contributed by atoms with Crippen molar-refractivity contribution in [1.82, 2.24) is 10.6 Å². The molecule has 76 valence electrons. The summed E-state index contributed by atoms with van der Waals surface area (Å²) in [6.45, 7) is 3.88. The van der Waals surface area contributed by atoms with Crippen molar-refractivity contribution in [2.75, 3.05) is 26.2 Å². The van der Waals surface area contributed by atoms with Crippen LogP contribution in [0.2, 0.25) is 0 Å². The lowest BCUT2D eigenvalue weighted by molar-refractivity contribution is -0.120. The average molecular weight is 186 g/mol. The lowest BCUT2D eigenvalue weighted by Crippen LogP contribution is -2.36. The molecule has 0 spiro atoms. The molecule has 0 aromatic rings. The van der Waals surface area contributed by atoms with E-state index >= 15 is 0 Å². The Labute approximate surface area is 78.7 Å². The first kappa shape index (κ1) is 10.5. The normalized spacial score (nSPS) is 25.7. The number of nitrogens with one attached hydrogen (secondary N) is 2. The molecular weight excluding hydrogens is 168 g/mol. The van der Waals surface area contributed by atoms with Gasteiger partial charge in [0.2, 0.25) is 5.91 Å². The highest BCUT2D eigenvalue weighted by Gasteiger charge is 2.31. The molecule has 0 aliphatic heterocycles. The molecule has 0 radical (unpaired) electrons. The number of hydrogen-bond donors (Lipinski definition) is 3. The third-order valence-corrected chi connectivity index (χ3v) is 2.40. The van der Waals surface area contributed by atoms with Crippen LogP contribution in [0.15, 0.2) is 0 Å². The number of amides is 1. The largest absolute Gasteiger partial charge is 0.395 e. The van der Waals surface area contributed by atoms with Gasteiger partial charge in [0.1, 0.15) is 0 Å². The van der Waals surface area contributed by atoms with Gasteiger partial charge in [-0.2, -0.15) is 0 Å². The van der Waals surface area contributed by atoms with Crippen molar-refractivity contribution in [1.29, 1.82) is 0 Å². The number of aliphatic hydroxyl groups is 1. The van der Waals surface area contributed by atoms with E-state index in [9.17, 15) is 4.79 Å². The molecule has 0 heterocycles. The van der Waals surface area contributed by atoms with Crippen molar-refractivity contribution >= 4 is 5.91 Å². The molecule has 0 saturated heterocycles. The summed E-state index contributed by atoms with van der Waals surface area (Å²) < 4.78 is 0. The number of carbonyl (C=O) groups excluding carboxylic acids is 1. The summed E-state index contributed by atoms with van der Waals surface area (Å²) in [5, 5.41) is 14.1. The SMILES string of the molecule is CC1CC1CNCC(=O)NCCO. The first-order valence-electron chi connectivity index (χ1n) is 4.82. The average Bonchev–Trinajstić information content (AvgIpc) is 2.79. The van der Waals surface area contributed by atoms with E-state index in [0.29, 0.717) is 13.1 Å². The lowest BCUT2D eigenvalue weighted by Gasteiger charge is -2.04. The first-order chi connectivity index (χ1) is 6.24. The Bertz CT molecular complexity index is 173. The standard InChI is InChI=1S/C9H18N2O2/c1-7-4-8(7)5-10-6-9(13)11-2-3-12/h7-8,10,12H,2-6H2,1H3,(H,11,13). The van der Waals surface area contributed by atoms with Crippen LogP contribution in [0.25, 0.3) is 0 Å². The molecule has 1 saturated carbocycles. The molecule has 1 rings (SSSR count). The summed E-state index contributed by atoms with van der Waals surface area (Å²) in [5.41, 5.74) is 0. The Kier molecular flexibility index (Phi) is 4.18. The van der Waals surface area contributed by atoms with Crippen LogP contribution in [0.4, 0.5) is 0 Å². The summed E-state index contributed by atoms with van der Waals surface area (Å²) in [6.07, 6.45) is 1.28. The van der Waals surface area contributed by atoms with Crippen LogP contribution in [-0.4, -0.2) is 37.3 Å². The number of rotatable bonds is 6. The summed E-state index contributed by atoms with van der Waals surface area (Å²) in [6, 6.07) is 0. The highest BCUT2D eigenvalue weighted by molar-refractivity contribution is 5.77. The fourth-order valence-corrected chi connectivity index (χ4v) is 1.31. The fourth-order valence-electron chi connectivity index (χ4n) is 1.31. The zero-order valence-corrected chi connectivity index (χ0v) is 8.05. The molecule has 1 amide bonds. The van der Waals surface area contributed by atoms with Crippen molar-refractivity contribution in [3.05, 3.63) is 0 Å². The predicted octanol–water partition coefficient (Wildman–Crippen LogP) is -0.659. The topological polar surface area (TPSA) is 61.4 Å². The highest BCUT2D eigenvalue weighted by atomic mass is 16.3. The van der Waals surface area contributed by atoms with Crippen molar-refractivity contribution in [3.63, 3.8) is 0 Å². The van der Waals surface area contributed by atoms with E-state index in [0.717, 1.165) is 18.4 Å². The Morgan fingerprint density at radius 3 is 2.85 bits per heavy atom. The van der Waals surface area contributed by atoms with Crippen molar-refractivity contribution < 1.29 is 9.90 Å². The van der Waals surface area contributed by atoms with Crippen LogP contribution >= 0.6 is 0 Å². The molecule has 1 aliphatic carbocycles. The number of carbonyl (C=O) groups is 1. The zero-order valence-electron chi connectivity index (χ0n) is 8.05. The van der Waals surface area contributed by atoms with Crippen LogP contribution < -0.4 is 10.6 Å². The molecule has 0 aromatic heterocycles. The number of hydrogen-bond acceptors (Lipinski definition) is 3. The van der Waals surface area contributed by atoms with E-state index in [1.54, 1.807) is 0 Å². The summed E-state index contributed by atoms with van der Waals surface area (Å²) >= 11 is 0. The summed E-state index contributed by atoms with van der Waals surface area (Å²) in [7, 11) is 0. The number of aliphatic hydroxyl groups excluding tert-OH is 1. The molecular formula is C9H18N2O2. The van der Waals surface area contributed by atoms with E-state index in [2.05, 4.69) is 17.6 Å². The van der Waals surface area contributed by atoms with E-state index in [1.807, 2.05) is 0 Å². The maximum absolute atomic E-state index is 11.0. The minimum absolute atomic E-state index is 0.00536. The maximum atomic E-state index is 11.0. The second-order valence-corrected chi connectivity index (χ2v) is 3.68. The van der Waals surface area contributed by atoms with Gasteiger partial charge in [0, 0.05) is 6.54 Å². The Morgan fingerprint density at radius 2 is 2.31 bits per heavy atom. The molecule has 1 fully saturated rings. The molecule has 2 unspecified atom stereocenters. The van der Waals surface area contributed by atoms with E-state index < -0.39 is 0 Å². The second kappa shape index (κ2) is 5.19. The van der Waals surface area contributed by atoms with Crippen LogP contribution in [0.1, 0.15) is 13.3 Å². The Hall–Kier alpha value is -0.610. The van der Waals surface area contributed by atoms with Gasteiger partial charge in [-0.05, 0) is 24.8 Å². The minimum Gasteiger partial charge on any atom is -0.395 e. The Balaban J connectivity index is 1.89. The third kappa shape index (κ3) is 4.24. The maximum Gasteiger partial charge on any atom is 0.234 e. The van der Waals surface area contributed by atoms with E-state index in [4.69, 9.17) is 5.11 Å². The summed E-state index contributed by atoms with van der Waals surface area (Å²) in [4.78, 5) is 11.0. The van der Waals surface area contributed by atoms with Gasteiger partial charge < -0.3 is 15.7 Å². The molecule has 1 aliphatic rings. The van der Waals surface area contributed by atoms with Crippen molar-refractivity contribution in [2.45, 2.75) is 13.3 Å². The quantitative estimate of drug-likeness (QED) is 0.516. The van der Waals surface area contributed by atoms with Gasteiger partial charge in [-0.25, -0.2) is 0 Å². The third-order valence-electron chi connectivity index (χ3n) is 2.40. The van der Waals surface area contributed by atoms with Crippen LogP contribution in [0, 0.1) is 11.8 Å². The highest BCUT2D eigenvalue weighted by Crippen LogP contribution is 2.36. The van der Waals surface area contributed by atoms with Crippen molar-refractivity contribution in [3.8, 4) is 0 Å². The minimum atomic E-state index is -0.0395. The van der Waals surface area contributed by atoms with Gasteiger partial charge in [0.15, 0.2) is 0 Å². The van der Waals surface area contributed by atoms with Crippen LogP contribution in [0.3, 0.4) is 0 Å². The van der Waals surface area contributed by atoms with E-state index in [1.165, 1.54) is 6.42 Å². The lowest BCUT2D eigenvalue weighted by atomic mass is 10.3. The molecule has 4 nitrogen and oxygen atoms in total. The molecule has 4 heteroatoms. The van der Waals surface area contributed by atoms with Gasteiger partial charge in [0.05, 0.1) is 13.2 Å². The Morgan fingerprint density at radius 1 is 1.62 bits per heavy atom. The van der Waals surface area contributed by atoms with Gasteiger partial charge in [-0.3, -0.25) is 4.79 Å². The monoisotopic (exact) mass is 186 g/mol. The van der Waals surface area contributed by atoms with E-state index in [-0.39, 0.29) is 12.5 Å². The van der Waals surface area contributed by atoms with Gasteiger partial charge in [0.25, 0.3) is 0 Å². The first-order valence-corrected chi connectivity index (χ1v) is 4.82. The summed E-state index contributed by atoms with van der Waals surface area (Å²) in [5.74, 6) is 1.56. The van der Waals surface area contributed by atoms with Crippen LogP contribution in [-0.2, 0) is 4.79 Å². The van der Waals surface area contributed by atoms with Gasteiger partial charge >= 0.3 is 0 Å². The zero-order chi connectivity index (χ0) is 9.68. The predicted molar refractivity (Wildman–Crippen MR) is 50.2 cm³/mol.